The Labute approximate surface area is 104 Å². The molecule has 1 aliphatic heterocycles. The highest BCUT2D eigenvalue weighted by Gasteiger charge is 2.23. The molecular weight excluding hydrogens is 240 g/mol. The number of rotatable bonds is 8. The molecular formula is C11H24N2O3S. The van der Waals surface area contributed by atoms with Gasteiger partial charge in [0, 0.05) is 12.6 Å². The summed E-state index contributed by atoms with van der Waals surface area (Å²) in [4.78, 5) is 2.36. The molecule has 1 heterocycles. The molecule has 0 aromatic rings. The van der Waals surface area contributed by atoms with Crippen molar-refractivity contribution in [3.8, 4) is 0 Å². The van der Waals surface area contributed by atoms with Crippen LogP contribution in [-0.4, -0.2) is 57.0 Å². The Morgan fingerprint density at radius 2 is 2.18 bits per heavy atom. The first-order valence-electron chi connectivity index (χ1n) is 6.35. The predicted octanol–water partition coefficient (Wildman–Crippen LogP) is 0.163. The maximum Gasteiger partial charge on any atom is 0.211 e. The van der Waals surface area contributed by atoms with E-state index in [9.17, 15) is 8.42 Å². The molecule has 5 nitrogen and oxygen atoms in total. The third-order valence-corrected chi connectivity index (χ3v) is 4.81. The van der Waals surface area contributed by atoms with E-state index >= 15 is 0 Å². The topological polar surface area (TPSA) is 69.6 Å². The van der Waals surface area contributed by atoms with Crippen LogP contribution in [0.4, 0.5) is 0 Å². The van der Waals surface area contributed by atoms with Crippen molar-refractivity contribution >= 4 is 10.0 Å². The summed E-state index contributed by atoms with van der Waals surface area (Å²) in [6.07, 6.45) is 4.91. The number of nitrogens with zero attached hydrogens (tertiary/aromatic N) is 1. The number of aliphatic hydroxyl groups is 1. The molecule has 0 aromatic carbocycles. The zero-order valence-corrected chi connectivity index (χ0v) is 11.4. The number of aliphatic hydroxyl groups excluding tert-OH is 1. The van der Waals surface area contributed by atoms with Gasteiger partial charge in [-0.1, -0.05) is 0 Å². The van der Waals surface area contributed by atoms with Crippen molar-refractivity contribution in [3.05, 3.63) is 0 Å². The summed E-state index contributed by atoms with van der Waals surface area (Å²) in [5.41, 5.74) is 0. The van der Waals surface area contributed by atoms with Crippen LogP contribution in [-0.2, 0) is 10.0 Å². The smallest absolute Gasteiger partial charge is 0.211 e. The Morgan fingerprint density at radius 1 is 1.41 bits per heavy atom. The number of hydrogen-bond donors (Lipinski definition) is 2. The minimum atomic E-state index is -3.06. The molecule has 0 aromatic heterocycles. The van der Waals surface area contributed by atoms with Gasteiger partial charge in [-0.05, 0) is 52.2 Å². The first-order chi connectivity index (χ1) is 8.09. The maximum absolute atomic E-state index is 11.3. The van der Waals surface area contributed by atoms with Crippen molar-refractivity contribution in [2.45, 2.75) is 38.1 Å². The normalized spacial score (nSPS) is 22.1. The zero-order valence-electron chi connectivity index (χ0n) is 10.6. The Kier molecular flexibility index (Phi) is 6.40. The van der Waals surface area contributed by atoms with Crippen molar-refractivity contribution < 1.29 is 13.5 Å². The summed E-state index contributed by atoms with van der Waals surface area (Å²) in [5.74, 6) is 0.201. The van der Waals surface area contributed by atoms with Crippen LogP contribution in [0.1, 0.15) is 32.1 Å². The minimum Gasteiger partial charge on any atom is -0.396 e. The average molecular weight is 264 g/mol. The van der Waals surface area contributed by atoms with Crippen LogP contribution in [0.15, 0.2) is 0 Å². The van der Waals surface area contributed by atoms with Gasteiger partial charge >= 0.3 is 0 Å². The molecule has 1 saturated heterocycles. The highest BCUT2D eigenvalue weighted by molar-refractivity contribution is 7.89. The maximum atomic E-state index is 11.3. The standard InChI is InChI=1S/C11H24N2O3S/c1-12-17(15,16)10-4-8-13-7-2-5-11(13)6-3-9-14/h11-12,14H,2-10H2,1H3. The van der Waals surface area contributed by atoms with Gasteiger partial charge in [0.2, 0.25) is 10.0 Å². The Hall–Kier alpha value is -0.170. The Bertz CT molecular complexity index is 306. The van der Waals surface area contributed by atoms with Gasteiger partial charge in [-0.3, -0.25) is 0 Å². The number of hydrogen-bond acceptors (Lipinski definition) is 4. The molecule has 102 valence electrons. The monoisotopic (exact) mass is 264 g/mol. The second kappa shape index (κ2) is 7.31. The molecule has 1 fully saturated rings. The van der Waals surface area contributed by atoms with E-state index in [1.165, 1.54) is 19.9 Å². The molecule has 6 heteroatoms. The van der Waals surface area contributed by atoms with Crippen molar-refractivity contribution in [2.24, 2.45) is 0 Å². The second-order valence-electron chi connectivity index (χ2n) is 4.57. The van der Waals surface area contributed by atoms with Gasteiger partial charge in [0.1, 0.15) is 0 Å². The van der Waals surface area contributed by atoms with Crippen LogP contribution in [0.3, 0.4) is 0 Å². The highest BCUT2D eigenvalue weighted by Crippen LogP contribution is 2.21. The van der Waals surface area contributed by atoms with Crippen LogP contribution in [0.5, 0.6) is 0 Å². The first kappa shape index (κ1) is 14.9. The predicted molar refractivity (Wildman–Crippen MR) is 68.4 cm³/mol. The molecule has 17 heavy (non-hydrogen) atoms. The van der Waals surface area contributed by atoms with Crippen molar-refractivity contribution in [2.75, 3.05) is 32.5 Å². The van der Waals surface area contributed by atoms with E-state index in [4.69, 9.17) is 5.11 Å². The van der Waals surface area contributed by atoms with Gasteiger partial charge in [0.15, 0.2) is 0 Å². The molecule has 1 atom stereocenters. The average Bonchev–Trinajstić information content (AvgIpc) is 2.74. The van der Waals surface area contributed by atoms with Gasteiger partial charge in [-0.15, -0.1) is 0 Å². The fraction of sp³-hybridized carbons (Fsp3) is 1.00. The van der Waals surface area contributed by atoms with Gasteiger partial charge in [-0.2, -0.15) is 0 Å². The van der Waals surface area contributed by atoms with Gasteiger partial charge in [0.05, 0.1) is 5.75 Å². The molecule has 0 bridgehead atoms. The summed E-state index contributed by atoms with van der Waals surface area (Å²) in [5, 5.41) is 8.82. The highest BCUT2D eigenvalue weighted by atomic mass is 32.2. The number of sulfonamides is 1. The van der Waals surface area contributed by atoms with Crippen molar-refractivity contribution in [1.29, 1.82) is 0 Å². The molecule has 1 rings (SSSR count). The summed E-state index contributed by atoms with van der Waals surface area (Å²) in [7, 11) is -1.61. The summed E-state index contributed by atoms with van der Waals surface area (Å²) in [6.45, 7) is 2.16. The lowest BCUT2D eigenvalue weighted by Gasteiger charge is -2.24. The quantitative estimate of drug-likeness (QED) is 0.655. The lowest BCUT2D eigenvalue weighted by Crippen LogP contribution is -2.32. The van der Waals surface area contributed by atoms with Gasteiger partial charge < -0.3 is 10.0 Å². The Morgan fingerprint density at radius 3 is 2.82 bits per heavy atom. The Balaban J connectivity index is 2.26. The summed E-state index contributed by atoms with van der Waals surface area (Å²) < 4.78 is 24.9. The molecule has 1 aliphatic rings. The third-order valence-electron chi connectivity index (χ3n) is 3.36. The van der Waals surface area contributed by atoms with E-state index in [0.717, 1.165) is 25.9 Å². The van der Waals surface area contributed by atoms with Crippen LogP contribution in [0.25, 0.3) is 0 Å². The molecule has 1 unspecified atom stereocenters. The second-order valence-corrected chi connectivity index (χ2v) is 6.62. The lowest BCUT2D eigenvalue weighted by molar-refractivity contribution is 0.216. The molecule has 0 radical (unpaired) electrons. The fourth-order valence-electron chi connectivity index (χ4n) is 2.40. The van der Waals surface area contributed by atoms with Crippen molar-refractivity contribution in [1.82, 2.24) is 9.62 Å². The zero-order chi connectivity index (χ0) is 12.7. The molecule has 0 spiro atoms. The number of nitrogens with one attached hydrogen (secondary N) is 1. The van der Waals surface area contributed by atoms with E-state index in [-0.39, 0.29) is 12.4 Å². The largest absolute Gasteiger partial charge is 0.396 e. The van der Waals surface area contributed by atoms with E-state index in [1.54, 1.807) is 0 Å². The minimum absolute atomic E-state index is 0.201. The fourth-order valence-corrected chi connectivity index (χ4v) is 3.12. The summed E-state index contributed by atoms with van der Waals surface area (Å²) >= 11 is 0. The van der Waals surface area contributed by atoms with Crippen LogP contribution < -0.4 is 4.72 Å². The third kappa shape index (κ3) is 5.33. The SMILES string of the molecule is CNS(=O)(=O)CCCN1CCCC1CCCO. The number of likely N-dealkylation sites (tertiary alicyclic amines) is 1. The molecule has 0 saturated carbocycles. The van der Waals surface area contributed by atoms with Crippen LogP contribution >= 0.6 is 0 Å². The summed E-state index contributed by atoms with van der Waals surface area (Å²) in [6, 6.07) is 0.541. The van der Waals surface area contributed by atoms with E-state index in [1.807, 2.05) is 0 Å². The van der Waals surface area contributed by atoms with Crippen molar-refractivity contribution in [3.63, 3.8) is 0 Å². The van der Waals surface area contributed by atoms with Gasteiger partial charge in [-0.25, -0.2) is 13.1 Å². The van der Waals surface area contributed by atoms with Crippen LogP contribution in [0.2, 0.25) is 0 Å². The van der Waals surface area contributed by atoms with E-state index < -0.39 is 10.0 Å². The van der Waals surface area contributed by atoms with Crippen LogP contribution in [0, 0.1) is 0 Å². The van der Waals surface area contributed by atoms with Gasteiger partial charge in [0.25, 0.3) is 0 Å². The van der Waals surface area contributed by atoms with E-state index in [0.29, 0.717) is 12.5 Å². The molecule has 2 N–H and O–H groups in total. The molecule has 0 aliphatic carbocycles. The van der Waals surface area contributed by atoms with E-state index in [2.05, 4.69) is 9.62 Å². The lowest BCUT2D eigenvalue weighted by atomic mass is 10.1. The first-order valence-corrected chi connectivity index (χ1v) is 8.00. The molecule has 0 amide bonds.